The zero-order chi connectivity index (χ0) is 22.4. The molecule has 3 rings (SSSR count). The summed E-state index contributed by atoms with van der Waals surface area (Å²) in [6, 6.07) is 14.6. The van der Waals surface area contributed by atoms with Crippen LogP contribution in [0.2, 0.25) is 0 Å². The van der Waals surface area contributed by atoms with E-state index in [9.17, 15) is 9.59 Å². The maximum atomic E-state index is 13.6. The number of carbonyl (C=O) groups is 2. The molecule has 1 heterocycles. The van der Waals surface area contributed by atoms with Crippen LogP contribution >= 0.6 is 11.3 Å². The second-order valence-corrected chi connectivity index (χ2v) is 7.55. The molecule has 1 amide bonds. The normalized spacial score (nSPS) is 10.5. The lowest BCUT2D eigenvalue weighted by Gasteiger charge is -2.21. The molecule has 2 aromatic carbocycles. The number of esters is 1. The van der Waals surface area contributed by atoms with Crippen LogP contribution in [-0.4, -0.2) is 37.7 Å². The first-order valence-electron chi connectivity index (χ1n) is 9.70. The van der Waals surface area contributed by atoms with Gasteiger partial charge in [-0.2, -0.15) is 0 Å². The summed E-state index contributed by atoms with van der Waals surface area (Å²) < 4.78 is 15.8. The molecule has 3 aromatic rings. The fourth-order valence-corrected chi connectivity index (χ4v) is 3.95. The van der Waals surface area contributed by atoms with Gasteiger partial charge in [0.25, 0.3) is 5.91 Å². The molecule has 0 bridgehead atoms. The summed E-state index contributed by atoms with van der Waals surface area (Å²) in [6.07, 6.45) is 0. The van der Waals surface area contributed by atoms with Crippen molar-refractivity contribution >= 4 is 28.3 Å². The van der Waals surface area contributed by atoms with Crippen LogP contribution in [0.5, 0.6) is 11.5 Å². The fourth-order valence-electron chi connectivity index (χ4n) is 3.00. The van der Waals surface area contributed by atoms with Crippen LogP contribution in [0.4, 0.5) is 5.13 Å². The third-order valence-corrected chi connectivity index (χ3v) is 5.71. The molecule has 0 fully saturated rings. The van der Waals surface area contributed by atoms with Gasteiger partial charge in [0.15, 0.2) is 5.13 Å². The number of ether oxygens (including phenoxy) is 3. The van der Waals surface area contributed by atoms with Crippen molar-refractivity contribution in [2.75, 3.05) is 25.7 Å². The summed E-state index contributed by atoms with van der Waals surface area (Å²) in [7, 11) is 3.05. The average molecular weight is 441 g/mol. The molecule has 0 aliphatic rings. The topological polar surface area (TPSA) is 78.0 Å². The third-order valence-electron chi connectivity index (χ3n) is 4.54. The van der Waals surface area contributed by atoms with E-state index in [4.69, 9.17) is 14.2 Å². The first kappa shape index (κ1) is 22.3. The molecule has 0 radical (unpaired) electrons. The number of aromatic nitrogens is 1. The fraction of sp³-hybridized carbons (Fsp3) is 0.261. The zero-order valence-corrected chi connectivity index (χ0v) is 18.7. The van der Waals surface area contributed by atoms with E-state index in [2.05, 4.69) is 4.98 Å². The van der Waals surface area contributed by atoms with Crippen LogP contribution in [0, 0.1) is 6.92 Å². The summed E-state index contributed by atoms with van der Waals surface area (Å²) in [5.41, 5.74) is 1.81. The number of hydrogen-bond acceptors (Lipinski definition) is 7. The Bertz CT molecular complexity index is 1070. The van der Waals surface area contributed by atoms with Gasteiger partial charge in [0, 0.05) is 6.07 Å². The molecule has 0 unspecified atom stereocenters. The Morgan fingerprint density at radius 2 is 1.81 bits per heavy atom. The van der Waals surface area contributed by atoms with E-state index in [0.717, 1.165) is 16.9 Å². The standard InChI is InChI=1S/C23H24N2O5S/c1-5-30-22(27)20-15(2)24-23(31-20)25(14-16-9-7-6-8-10-16)21(26)18-12-11-17(28-3)13-19(18)29-4/h6-13H,5,14H2,1-4H3. The second kappa shape index (κ2) is 10.1. The highest BCUT2D eigenvalue weighted by Crippen LogP contribution is 2.32. The number of anilines is 1. The number of carbonyl (C=O) groups excluding carboxylic acids is 2. The Kier molecular flexibility index (Phi) is 7.25. The van der Waals surface area contributed by atoms with Crippen LogP contribution in [0.25, 0.3) is 0 Å². The number of hydrogen-bond donors (Lipinski definition) is 0. The molecule has 8 heteroatoms. The van der Waals surface area contributed by atoms with Crippen molar-refractivity contribution in [3.05, 3.63) is 70.2 Å². The maximum Gasteiger partial charge on any atom is 0.350 e. The van der Waals surface area contributed by atoms with Gasteiger partial charge in [-0.3, -0.25) is 9.69 Å². The summed E-state index contributed by atoms with van der Waals surface area (Å²) >= 11 is 1.13. The van der Waals surface area contributed by atoms with E-state index in [0.29, 0.717) is 32.8 Å². The van der Waals surface area contributed by atoms with Crippen LogP contribution in [0.3, 0.4) is 0 Å². The first-order chi connectivity index (χ1) is 15.0. The van der Waals surface area contributed by atoms with Gasteiger partial charge in [-0.05, 0) is 31.5 Å². The molecule has 1 aromatic heterocycles. The van der Waals surface area contributed by atoms with E-state index in [1.807, 2.05) is 30.3 Å². The number of thiazole rings is 1. The lowest BCUT2D eigenvalue weighted by Crippen LogP contribution is -2.30. The minimum absolute atomic E-state index is 0.265. The van der Waals surface area contributed by atoms with Crippen molar-refractivity contribution in [3.63, 3.8) is 0 Å². The highest BCUT2D eigenvalue weighted by atomic mass is 32.1. The van der Waals surface area contributed by atoms with E-state index in [1.54, 1.807) is 44.1 Å². The Hall–Kier alpha value is -3.39. The van der Waals surface area contributed by atoms with E-state index in [-0.39, 0.29) is 19.1 Å². The van der Waals surface area contributed by atoms with Crippen molar-refractivity contribution in [3.8, 4) is 11.5 Å². The molecule has 0 aliphatic heterocycles. The van der Waals surface area contributed by atoms with Gasteiger partial charge in [0.2, 0.25) is 0 Å². The molecule has 0 saturated heterocycles. The van der Waals surface area contributed by atoms with Crippen molar-refractivity contribution in [1.29, 1.82) is 0 Å². The molecule has 0 spiro atoms. The largest absolute Gasteiger partial charge is 0.497 e. The molecule has 31 heavy (non-hydrogen) atoms. The predicted molar refractivity (Wildman–Crippen MR) is 119 cm³/mol. The van der Waals surface area contributed by atoms with E-state index >= 15 is 0 Å². The molecule has 0 atom stereocenters. The van der Waals surface area contributed by atoms with Crippen LogP contribution in [0.15, 0.2) is 48.5 Å². The number of methoxy groups -OCH3 is 2. The second-order valence-electron chi connectivity index (χ2n) is 6.57. The van der Waals surface area contributed by atoms with Gasteiger partial charge >= 0.3 is 5.97 Å². The summed E-state index contributed by atoms with van der Waals surface area (Å²) in [5, 5.41) is 0.410. The Labute approximate surface area is 185 Å². The number of rotatable bonds is 8. The lowest BCUT2D eigenvalue weighted by atomic mass is 10.1. The van der Waals surface area contributed by atoms with Crippen molar-refractivity contribution in [1.82, 2.24) is 4.98 Å². The highest BCUT2D eigenvalue weighted by Gasteiger charge is 2.27. The third kappa shape index (κ3) is 5.03. The monoisotopic (exact) mass is 440 g/mol. The molecular formula is C23H24N2O5S. The minimum atomic E-state index is -0.446. The first-order valence-corrected chi connectivity index (χ1v) is 10.5. The van der Waals surface area contributed by atoms with Crippen molar-refractivity contribution < 1.29 is 23.8 Å². The zero-order valence-electron chi connectivity index (χ0n) is 17.9. The Morgan fingerprint density at radius 1 is 1.06 bits per heavy atom. The number of benzene rings is 2. The van der Waals surface area contributed by atoms with E-state index in [1.165, 1.54) is 7.11 Å². The smallest absolute Gasteiger partial charge is 0.350 e. The number of amides is 1. The van der Waals surface area contributed by atoms with Crippen LogP contribution in [0.1, 0.15) is 38.2 Å². The Balaban J connectivity index is 2.04. The summed E-state index contributed by atoms with van der Waals surface area (Å²) in [6.45, 7) is 4.02. The van der Waals surface area contributed by atoms with Gasteiger partial charge in [-0.1, -0.05) is 41.7 Å². The van der Waals surface area contributed by atoms with Crippen LogP contribution < -0.4 is 14.4 Å². The molecule has 0 aliphatic carbocycles. The summed E-state index contributed by atoms with van der Waals surface area (Å²) in [5.74, 6) is 0.226. The van der Waals surface area contributed by atoms with E-state index < -0.39 is 5.97 Å². The SMILES string of the molecule is CCOC(=O)c1sc(N(Cc2ccccc2)C(=O)c2ccc(OC)cc2OC)nc1C. The molecule has 7 nitrogen and oxygen atoms in total. The van der Waals surface area contributed by atoms with Gasteiger partial charge < -0.3 is 14.2 Å². The van der Waals surface area contributed by atoms with Gasteiger partial charge in [-0.25, -0.2) is 9.78 Å². The number of nitrogens with zero attached hydrogens (tertiary/aromatic N) is 2. The van der Waals surface area contributed by atoms with Gasteiger partial charge in [-0.15, -0.1) is 0 Å². The molecule has 0 saturated carbocycles. The summed E-state index contributed by atoms with van der Waals surface area (Å²) in [4.78, 5) is 32.3. The average Bonchev–Trinajstić information content (AvgIpc) is 3.18. The molecule has 162 valence electrons. The molecular weight excluding hydrogens is 416 g/mol. The predicted octanol–water partition coefficient (Wildman–Crippen LogP) is 4.49. The minimum Gasteiger partial charge on any atom is -0.497 e. The highest BCUT2D eigenvalue weighted by molar-refractivity contribution is 7.17. The van der Waals surface area contributed by atoms with Gasteiger partial charge in [0.1, 0.15) is 16.4 Å². The quantitative estimate of drug-likeness (QED) is 0.480. The lowest BCUT2D eigenvalue weighted by molar-refractivity contribution is 0.0531. The van der Waals surface area contributed by atoms with Crippen LogP contribution in [-0.2, 0) is 11.3 Å². The molecule has 0 N–H and O–H groups in total. The maximum absolute atomic E-state index is 13.6. The number of aryl methyl sites for hydroxylation is 1. The Morgan fingerprint density at radius 3 is 2.45 bits per heavy atom. The van der Waals surface area contributed by atoms with Crippen molar-refractivity contribution in [2.24, 2.45) is 0 Å². The van der Waals surface area contributed by atoms with Gasteiger partial charge in [0.05, 0.1) is 38.6 Å². The van der Waals surface area contributed by atoms with Crippen molar-refractivity contribution in [2.45, 2.75) is 20.4 Å².